The summed E-state index contributed by atoms with van der Waals surface area (Å²) in [5, 5.41) is 3.90. The Balaban J connectivity index is 2.38. The molecule has 0 aliphatic carbocycles. The van der Waals surface area contributed by atoms with Gasteiger partial charge in [-0.3, -0.25) is 4.79 Å². The number of aromatic nitrogens is 4. The average molecular weight is 174 g/mol. The molecule has 0 N–H and O–H groups in total. The number of carbonyl (C=O) groups is 1. The molecule has 2 heterocycles. The summed E-state index contributed by atoms with van der Waals surface area (Å²) in [7, 11) is 0. The Labute approximate surface area is 74.1 Å². The van der Waals surface area contributed by atoms with Crippen molar-refractivity contribution in [3.8, 4) is 5.82 Å². The third-order valence-corrected chi connectivity index (χ3v) is 1.56. The van der Waals surface area contributed by atoms with Gasteiger partial charge >= 0.3 is 0 Å². The minimum atomic E-state index is 0.545. The largest absolute Gasteiger partial charge is 0.298 e. The monoisotopic (exact) mass is 174 g/mol. The maximum absolute atomic E-state index is 10.3. The van der Waals surface area contributed by atoms with Gasteiger partial charge in [0, 0.05) is 11.8 Å². The summed E-state index contributed by atoms with van der Waals surface area (Å²) in [4.78, 5) is 18.1. The predicted octanol–water partition coefficient (Wildman–Crippen LogP) is 0.475. The second-order valence-electron chi connectivity index (χ2n) is 2.41. The Hall–Kier alpha value is -2.04. The Bertz CT molecular complexity index is 393. The third-order valence-electron chi connectivity index (χ3n) is 1.56. The van der Waals surface area contributed by atoms with Crippen LogP contribution < -0.4 is 0 Å². The first-order valence-electron chi connectivity index (χ1n) is 3.66. The molecule has 0 fully saturated rings. The Kier molecular flexibility index (Phi) is 1.84. The van der Waals surface area contributed by atoms with Crippen molar-refractivity contribution in [3.63, 3.8) is 0 Å². The highest BCUT2D eigenvalue weighted by Crippen LogP contribution is 2.01. The number of rotatable bonds is 2. The SMILES string of the molecule is O=Cc1ccc(-n2cncn2)nc1. The first-order valence-corrected chi connectivity index (χ1v) is 3.66. The number of hydrogen-bond acceptors (Lipinski definition) is 4. The van der Waals surface area contributed by atoms with E-state index in [4.69, 9.17) is 0 Å². The molecule has 64 valence electrons. The van der Waals surface area contributed by atoms with Crippen LogP contribution in [0.5, 0.6) is 0 Å². The maximum Gasteiger partial charge on any atom is 0.155 e. The lowest BCUT2D eigenvalue weighted by atomic mass is 10.3. The molecular weight excluding hydrogens is 168 g/mol. The van der Waals surface area contributed by atoms with E-state index in [0.717, 1.165) is 6.29 Å². The fourth-order valence-electron chi connectivity index (χ4n) is 0.929. The summed E-state index contributed by atoms with van der Waals surface area (Å²) in [6, 6.07) is 3.38. The molecule has 2 rings (SSSR count). The fourth-order valence-corrected chi connectivity index (χ4v) is 0.929. The van der Waals surface area contributed by atoms with Crippen molar-refractivity contribution in [2.75, 3.05) is 0 Å². The molecular formula is C8H6N4O. The van der Waals surface area contributed by atoms with Gasteiger partial charge in [0.25, 0.3) is 0 Å². The number of carbonyl (C=O) groups excluding carboxylic acids is 1. The molecule has 0 atom stereocenters. The lowest BCUT2D eigenvalue weighted by Gasteiger charge is -1.97. The van der Waals surface area contributed by atoms with Crippen molar-refractivity contribution >= 4 is 6.29 Å². The molecule has 0 saturated heterocycles. The molecule has 5 nitrogen and oxygen atoms in total. The number of hydrogen-bond donors (Lipinski definition) is 0. The summed E-state index contributed by atoms with van der Waals surface area (Å²) in [5.74, 6) is 0.642. The number of nitrogens with zero attached hydrogens (tertiary/aromatic N) is 4. The van der Waals surface area contributed by atoms with Crippen molar-refractivity contribution in [1.29, 1.82) is 0 Å². The fraction of sp³-hybridized carbons (Fsp3) is 0. The molecule has 13 heavy (non-hydrogen) atoms. The zero-order valence-electron chi connectivity index (χ0n) is 6.66. The van der Waals surface area contributed by atoms with Gasteiger partial charge in [-0.25, -0.2) is 14.6 Å². The highest BCUT2D eigenvalue weighted by molar-refractivity contribution is 5.74. The van der Waals surface area contributed by atoms with Gasteiger partial charge in [-0.1, -0.05) is 0 Å². The van der Waals surface area contributed by atoms with Crippen LogP contribution in [0.3, 0.4) is 0 Å². The summed E-state index contributed by atoms with van der Waals surface area (Å²) < 4.78 is 1.52. The molecule has 2 aromatic heterocycles. The normalized spacial score (nSPS) is 9.85. The van der Waals surface area contributed by atoms with Crippen molar-refractivity contribution in [2.45, 2.75) is 0 Å². The van der Waals surface area contributed by atoms with Gasteiger partial charge in [-0.15, -0.1) is 0 Å². The van der Waals surface area contributed by atoms with E-state index >= 15 is 0 Å². The molecule has 0 aromatic carbocycles. The lowest BCUT2D eigenvalue weighted by molar-refractivity contribution is 0.112. The summed E-state index contributed by atoms with van der Waals surface area (Å²) in [6.07, 6.45) is 5.21. The van der Waals surface area contributed by atoms with Crippen LogP contribution in [0, 0.1) is 0 Å². The van der Waals surface area contributed by atoms with Crippen molar-refractivity contribution in [3.05, 3.63) is 36.5 Å². The van der Waals surface area contributed by atoms with Crippen LogP contribution in [0.4, 0.5) is 0 Å². The van der Waals surface area contributed by atoms with Crippen LogP contribution in [-0.4, -0.2) is 26.0 Å². The molecule has 0 spiro atoms. The first kappa shape index (κ1) is 7.60. The summed E-state index contributed by atoms with van der Waals surface area (Å²) in [6.45, 7) is 0. The highest BCUT2D eigenvalue weighted by Gasteiger charge is 1.97. The predicted molar refractivity (Wildman–Crippen MR) is 44.5 cm³/mol. The molecule has 0 amide bonds. The van der Waals surface area contributed by atoms with Gasteiger partial charge in [-0.05, 0) is 12.1 Å². The minimum Gasteiger partial charge on any atom is -0.298 e. The van der Waals surface area contributed by atoms with Gasteiger partial charge in [0.2, 0.25) is 0 Å². The standard InChI is InChI=1S/C8H6N4O/c13-4-7-1-2-8(10-3-7)12-6-9-5-11-12/h1-6H. The summed E-state index contributed by atoms with van der Waals surface area (Å²) >= 11 is 0. The van der Waals surface area contributed by atoms with Crippen LogP contribution in [-0.2, 0) is 0 Å². The first-order chi connectivity index (χ1) is 6.40. The number of pyridine rings is 1. The second kappa shape index (κ2) is 3.14. The Morgan fingerprint density at radius 3 is 2.85 bits per heavy atom. The molecule has 2 aromatic rings. The van der Waals surface area contributed by atoms with E-state index in [9.17, 15) is 4.79 Å². The van der Waals surface area contributed by atoms with Crippen LogP contribution in [0.1, 0.15) is 10.4 Å². The van der Waals surface area contributed by atoms with Crippen molar-refractivity contribution < 1.29 is 4.79 Å². The van der Waals surface area contributed by atoms with Gasteiger partial charge in [0.05, 0.1) is 0 Å². The van der Waals surface area contributed by atoms with Gasteiger partial charge in [0.15, 0.2) is 12.1 Å². The van der Waals surface area contributed by atoms with Crippen LogP contribution in [0.25, 0.3) is 5.82 Å². The molecule has 0 aliphatic heterocycles. The topological polar surface area (TPSA) is 60.7 Å². The molecule has 0 radical (unpaired) electrons. The quantitative estimate of drug-likeness (QED) is 0.621. The molecule has 0 saturated carbocycles. The van der Waals surface area contributed by atoms with E-state index in [1.165, 1.54) is 17.2 Å². The van der Waals surface area contributed by atoms with Crippen LogP contribution >= 0.6 is 0 Å². The molecule has 0 unspecified atom stereocenters. The lowest BCUT2D eigenvalue weighted by Crippen LogP contribution is -1.97. The zero-order chi connectivity index (χ0) is 9.10. The van der Waals surface area contributed by atoms with E-state index in [-0.39, 0.29) is 0 Å². The van der Waals surface area contributed by atoms with E-state index in [0.29, 0.717) is 11.4 Å². The van der Waals surface area contributed by atoms with Gasteiger partial charge < -0.3 is 0 Å². The third kappa shape index (κ3) is 1.44. The van der Waals surface area contributed by atoms with E-state index in [2.05, 4.69) is 15.1 Å². The van der Waals surface area contributed by atoms with E-state index < -0.39 is 0 Å². The van der Waals surface area contributed by atoms with Crippen molar-refractivity contribution in [1.82, 2.24) is 19.7 Å². The smallest absolute Gasteiger partial charge is 0.155 e. The molecule has 5 heteroatoms. The van der Waals surface area contributed by atoms with E-state index in [1.54, 1.807) is 18.5 Å². The van der Waals surface area contributed by atoms with Gasteiger partial charge in [-0.2, -0.15) is 5.10 Å². The highest BCUT2D eigenvalue weighted by atomic mass is 16.1. The van der Waals surface area contributed by atoms with E-state index in [1.807, 2.05) is 0 Å². The van der Waals surface area contributed by atoms with Gasteiger partial charge in [0.1, 0.15) is 12.7 Å². The maximum atomic E-state index is 10.3. The molecule has 0 bridgehead atoms. The van der Waals surface area contributed by atoms with Crippen LogP contribution in [0.2, 0.25) is 0 Å². The van der Waals surface area contributed by atoms with Crippen LogP contribution in [0.15, 0.2) is 31.0 Å². The Morgan fingerprint density at radius 1 is 1.38 bits per heavy atom. The average Bonchev–Trinajstić information content (AvgIpc) is 2.71. The van der Waals surface area contributed by atoms with Crippen molar-refractivity contribution in [2.24, 2.45) is 0 Å². The second-order valence-corrected chi connectivity index (χ2v) is 2.41. The Morgan fingerprint density at radius 2 is 2.31 bits per heavy atom. The number of aldehydes is 1. The minimum absolute atomic E-state index is 0.545. The summed E-state index contributed by atoms with van der Waals surface area (Å²) in [5.41, 5.74) is 0.545. The zero-order valence-corrected chi connectivity index (χ0v) is 6.66. The molecule has 0 aliphatic rings.